The van der Waals surface area contributed by atoms with Gasteiger partial charge in [-0.25, -0.2) is 0 Å². The van der Waals surface area contributed by atoms with Gasteiger partial charge in [0.05, 0.1) is 7.11 Å². The maximum absolute atomic E-state index is 13.5. The molecule has 2 bridgehead atoms. The van der Waals surface area contributed by atoms with Gasteiger partial charge < -0.3 is 9.64 Å². The zero-order valence-electron chi connectivity index (χ0n) is 21.8. The van der Waals surface area contributed by atoms with Crippen LogP contribution in [-0.4, -0.2) is 72.5 Å². The molecule has 2 aromatic carbocycles. The fourth-order valence-corrected chi connectivity index (χ4v) is 6.41. The van der Waals surface area contributed by atoms with E-state index in [0.717, 1.165) is 74.6 Å². The number of amides is 1. The molecule has 192 valence electrons. The van der Waals surface area contributed by atoms with Gasteiger partial charge in [-0.1, -0.05) is 37.1 Å². The summed E-state index contributed by atoms with van der Waals surface area (Å²) in [5, 5.41) is 0. The van der Waals surface area contributed by atoms with Crippen molar-refractivity contribution in [3.63, 3.8) is 0 Å². The fourth-order valence-electron chi connectivity index (χ4n) is 6.41. The Morgan fingerprint density at radius 3 is 2.58 bits per heavy atom. The topological polar surface area (TPSA) is 36.0 Å². The predicted octanol–water partition coefficient (Wildman–Crippen LogP) is 5.60. The number of ether oxygens (including phenoxy) is 1. The second kappa shape index (κ2) is 11.6. The Morgan fingerprint density at radius 2 is 1.81 bits per heavy atom. The molecule has 0 spiro atoms. The van der Waals surface area contributed by atoms with E-state index in [-0.39, 0.29) is 5.91 Å². The van der Waals surface area contributed by atoms with Gasteiger partial charge in [0, 0.05) is 56.9 Å². The van der Waals surface area contributed by atoms with Crippen LogP contribution >= 0.6 is 0 Å². The molecule has 2 atom stereocenters. The molecule has 0 aromatic heterocycles. The number of likely N-dealkylation sites (tertiary alicyclic amines) is 2. The summed E-state index contributed by atoms with van der Waals surface area (Å²) >= 11 is 0. The third-order valence-electron chi connectivity index (χ3n) is 8.39. The van der Waals surface area contributed by atoms with E-state index in [9.17, 15) is 4.79 Å². The van der Waals surface area contributed by atoms with E-state index >= 15 is 0 Å². The first-order valence-electron chi connectivity index (χ1n) is 13.8. The molecular formula is C31H41N3O2. The molecule has 0 N–H and O–H groups in total. The first-order valence-corrected chi connectivity index (χ1v) is 13.8. The molecule has 3 fully saturated rings. The molecule has 36 heavy (non-hydrogen) atoms. The average molecular weight is 488 g/mol. The SMILES string of the molecule is C=CCN1CCC2CCC(C1)N2Cc1ccc(C(=O)N2CCCCCC2)cc1-c1cccc(OC)c1. The van der Waals surface area contributed by atoms with Crippen LogP contribution in [0.3, 0.4) is 0 Å². The summed E-state index contributed by atoms with van der Waals surface area (Å²) in [6, 6.07) is 15.9. The Hall–Kier alpha value is -2.63. The minimum absolute atomic E-state index is 0.169. The van der Waals surface area contributed by atoms with Crippen molar-refractivity contribution in [3.05, 3.63) is 66.2 Å². The lowest BCUT2D eigenvalue weighted by Crippen LogP contribution is -2.38. The molecule has 2 unspecified atom stereocenters. The normalized spacial score (nSPS) is 23.2. The van der Waals surface area contributed by atoms with Crippen molar-refractivity contribution in [3.8, 4) is 16.9 Å². The maximum Gasteiger partial charge on any atom is 0.253 e. The summed E-state index contributed by atoms with van der Waals surface area (Å²) < 4.78 is 5.55. The van der Waals surface area contributed by atoms with Gasteiger partial charge in [0.2, 0.25) is 0 Å². The first kappa shape index (κ1) is 25.0. The van der Waals surface area contributed by atoms with Gasteiger partial charge in [0.25, 0.3) is 5.91 Å². The fraction of sp³-hybridized carbons (Fsp3) is 0.516. The smallest absolute Gasteiger partial charge is 0.253 e. The van der Waals surface area contributed by atoms with Crippen LogP contribution in [-0.2, 0) is 6.54 Å². The maximum atomic E-state index is 13.5. The summed E-state index contributed by atoms with van der Waals surface area (Å²) in [6.45, 7) is 9.85. The highest BCUT2D eigenvalue weighted by atomic mass is 16.5. The van der Waals surface area contributed by atoms with Crippen molar-refractivity contribution >= 4 is 5.91 Å². The van der Waals surface area contributed by atoms with E-state index in [1.807, 2.05) is 18.2 Å². The van der Waals surface area contributed by atoms with E-state index in [1.165, 1.54) is 37.7 Å². The van der Waals surface area contributed by atoms with E-state index in [4.69, 9.17) is 4.74 Å². The largest absolute Gasteiger partial charge is 0.497 e. The molecule has 1 amide bonds. The van der Waals surface area contributed by atoms with Gasteiger partial charge >= 0.3 is 0 Å². The molecule has 3 heterocycles. The zero-order valence-corrected chi connectivity index (χ0v) is 21.8. The van der Waals surface area contributed by atoms with Crippen LogP contribution in [0.1, 0.15) is 60.9 Å². The number of methoxy groups -OCH3 is 1. The molecule has 3 aliphatic rings. The van der Waals surface area contributed by atoms with E-state index in [0.29, 0.717) is 12.1 Å². The van der Waals surface area contributed by atoms with Gasteiger partial charge in [0.15, 0.2) is 0 Å². The summed E-state index contributed by atoms with van der Waals surface area (Å²) in [4.78, 5) is 20.8. The number of fused-ring (bicyclic) bond motifs is 2. The van der Waals surface area contributed by atoms with Gasteiger partial charge in [0.1, 0.15) is 5.75 Å². The molecule has 0 radical (unpaired) electrons. The Morgan fingerprint density at radius 1 is 1.00 bits per heavy atom. The molecule has 0 saturated carbocycles. The van der Waals surface area contributed by atoms with Crippen LogP contribution in [0.15, 0.2) is 55.1 Å². The molecule has 5 rings (SSSR count). The number of rotatable bonds is 7. The van der Waals surface area contributed by atoms with Crippen molar-refractivity contribution in [2.45, 2.75) is 63.6 Å². The van der Waals surface area contributed by atoms with Crippen LogP contribution in [0.5, 0.6) is 5.75 Å². The lowest BCUT2D eigenvalue weighted by atomic mass is 9.95. The lowest BCUT2D eigenvalue weighted by Gasteiger charge is -2.30. The first-order chi connectivity index (χ1) is 17.7. The minimum Gasteiger partial charge on any atom is -0.497 e. The van der Waals surface area contributed by atoms with Gasteiger partial charge in [-0.15, -0.1) is 6.58 Å². The zero-order chi connectivity index (χ0) is 24.9. The number of carbonyl (C=O) groups is 1. The van der Waals surface area contributed by atoms with Crippen molar-refractivity contribution in [2.24, 2.45) is 0 Å². The van der Waals surface area contributed by atoms with Crippen LogP contribution in [0, 0.1) is 0 Å². The Balaban J connectivity index is 1.46. The summed E-state index contributed by atoms with van der Waals surface area (Å²) in [5.74, 6) is 1.01. The van der Waals surface area contributed by atoms with Crippen molar-refractivity contribution in [1.29, 1.82) is 0 Å². The van der Waals surface area contributed by atoms with E-state index in [1.54, 1.807) is 7.11 Å². The van der Waals surface area contributed by atoms with Gasteiger partial charge in [-0.3, -0.25) is 14.6 Å². The molecular weight excluding hydrogens is 446 g/mol. The highest BCUT2D eigenvalue weighted by Crippen LogP contribution is 2.35. The molecule has 2 aromatic rings. The molecule has 3 saturated heterocycles. The van der Waals surface area contributed by atoms with Crippen LogP contribution < -0.4 is 4.74 Å². The van der Waals surface area contributed by atoms with Crippen molar-refractivity contribution in [2.75, 3.05) is 39.8 Å². The summed E-state index contributed by atoms with van der Waals surface area (Å²) in [6.07, 6.45) is 10.4. The quantitative estimate of drug-likeness (QED) is 0.476. The van der Waals surface area contributed by atoms with Gasteiger partial charge in [-0.2, -0.15) is 0 Å². The van der Waals surface area contributed by atoms with Gasteiger partial charge in [-0.05, 0) is 73.1 Å². The Kier molecular flexibility index (Phi) is 8.08. The number of hydrogen-bond donors (Lipinski definition) is 0. The van der Waals surface area contributed by atoms with Crippen LogP contribution in [0.25, 0.3) is 11.1 Å². The average Bonchev–Trinajstić information content (AvgIpc) is 3.06. The highest BCUT2D eigenvalue weighted by Gasteiger charge is 2.37. The van der Waals surface area contributed by atoms with Crippen LogP contribution in [0.4, 0.5) is 0 Å². The molecule has 0 aliphatic carbocycles. The second-order valence-electron chi connectivity index (χ2n) is 10.7. The highest BCUT2D eigenvalue weighted by molar-refractivity contribution is 5.96. The summed E-state index contributed by atoms with van der Waals surface area (Å²) in [5.41, 5.74) is 4.37. The second-order valence-corrected chi connectivity index (χ2v) is 10.7. The third-order valence-corrected chi connectivity index (χ3v) is 8.39. The number of benzene rings is 2. The lowest BCUT2D eigenvalue weighted by molar-refractivity contribution is 0.0761. The number of nitrogens with zero attached hydrogens (tertiary/aromatic N) is 3. The molecule has 5 heteroatoms. The van der Waals surface area contributed by atoms with E-state index < -0.39 is 0 Å². The summed E-state index contributed by atoms with van der Waals surface area (Å²) in [7, 11) is 1.71. The predicted molar refractivity (Wildman–Crippen MR) is 146 cm³/mol. The Bertz CT molecular complexity index is 1060. The molecule has 5 nitrogen and oxygen atoms in total. The standard InChI is InChI=1S/C31H41N3O2/c1-3-16-32-19-15-27-13-14-28(23-32)34(27)22-26-12-11-25(31(35)33-17-6-4-5-7-18-33)21-30(26)24-9-8-10-29(20-24)36-2/h3,8-12,20-21,27-28H,1,4-7,13-19,22-23H2,2H3. The van der Waals surface area contributed by atoms with E-state index in [2.05, 4.69) is 51.6 Å². The van der Waals surface area contributed by atoms with Crippen LogP contribution in [0.2, 0.25) is 0 Å². The number of carbonyl (C=O) groups excluding carboxylic acids is 1. The van der Waals surface area contributed by atoms with Crippen molar-refractivity contribution < 1.29 is 9.53 Å². The monoisotopic (exact) mass is 487 g/mol. The molecule has 3 aliphatic heterocycles. The Labute approximate surface area is 216 Å². The van der Waals surface area contributed by atoms with Crippen molar-refractivity contribution in [1.82, 2.24) is 14.7 Å². The minimum atomic E-state index is 0.169. The number of hydrogen-bond acceptors (Lipinski definition) is 4. The third kappa shape index (κ3) is 5.52.